The molecule has 0 bridgehead atoms. The van der Waals surface area contributed by atoms with Crippen LogP contribution in [0.2, 0.25) is 0 Å². The van der Waals surface area contributed by atoms with Crippen LogP contribution >= 0.6 is 0 Å². The van der Waals surface area contributed by atoms with Crippen LogP contribution in [0.5, 0.6) is 11.5 Å². The Balaban J connectivity index is 2.13. The molecule has 2 aromatic carbocycles. The summed E-state index contributed by atoms with van der Waals surface area (Å²) in [5.41, 5.74) is 2.24. The summed E-state index contributed by atoms with van der Waals surface area (Å²) in [7, 11) is 1.59. The molecular formula is C26H33NO4. The van der Waals surface area contributed by atoms with Gasteiger partial charge in [0.1, 0.15) is 22.8 Å². The Bertz CT molecular complexity index is 1080. The average Bonchev–Trinajstić information content (AvgIpc) is 2.77. The number of aryl methyl sites for hydroxylation is 1. The largest absolute Gasteiger partial charge is 0.507 e. The van der Waals surface area contributed by atoms with E-state index in [0.29, 0.717) is 45.7 Å². The van der Waals surface area contributed by atoms with Gasteiger partial charge in [-0.2, -0.15) is 0 Å². The number of methoxy groups -OCH3 is 1. The molecule has 0 fully saturated rings. The topological polar surface area (TPSA) is 62.9 Å². The number of rotatable bonds is 10. The van der Waals surface area contributed by atoms with E-state index in [0.717, 1.165) is 38.8 Å². The molecule has 0 aliphatic rings. The smallest absolute Gasteiger partial charge is 0.200 e. The van der Waals surface area contributed by atoms with Gasteiger partial charge in [0.25, 0.3) is 0 Å². The number of para-hydroxylation sites is 1. The van der Waals surface area contributed by atoms with Gasteiger partial charge < -0.3 is 14.3 Å². The molecule has 166 valence electrons. The second-order valence-corrected chi connectivity index (χ2v) is 7.99. The van der Waals surface area contributed by atoms with Crippen molar-refractivity contribution in [1.82, 2.24) is 4.90 Å². The fourth-order valence-electron chi connectivity index (χ4n) is 3.98. The molecule has 0 aliphatic heterocycles. The molecule has 5 nitrogen and oxygen atoms in total. The molecule has 3 aromatic rings. The van der Waals surface area contributed by atoms with Crippen molar-refractivity contribution in [2.24, 2.45) is 0 Å². The Morgan fingerprint density at radius 1 is 1.03 bits per heavy atom. The molecule has 1 N–H and O–H groups in total. The van der Waals surface area contributed by atoms with Crippen molar-refractivity contribution < 1.29 is 14.3 Å². The highest BCUT2D eigenvalue weighted by Gasteiger charge is 2.21. The van der Waals surface area contributed by atoms with E-state index in [1.165, 1.54) is 0 Å². The average molecular weight is 424 g/mol. The Morgan fingerprint density at radius 3 is 2.35 bits per heavy atom. The van der Waals surface area contributed by atoms with Gasteiger partial charge in [-0.15, -0.1) is 0 Å². The first kappa shape index (κ1) is 22.9. The van der Waals surface area contributed by atoms with Gasteiger partial charge in [0.2, 0.25) is 5.43 Å². The van der Waals surface area contributed by atoms with Gasteiger partial charge in [-0.1, -0.05) is 44.9 Å². The summed E-state index contributed by atoms with van der Waals surface area (Å²) in [6.45, 7) is 8.61. The van der Waals surface area contributed by atoms with Crippen LogP contribution in [-0.2, 0) is 6.54 Å². The first-order valence-corrected chi connectivity index (χ1v) is 11.2. The molecule has 0 atom stereocenters. The molecule has 0 aliphatic carbocycles. The Labute approximate surface area is 184 Å². The molecule has 0 unspecified atom stereocenters. The Kier molecular flexibility index (Phi) is 7.75. The molecule has 31 heavy (non-hydrogen) atoms. The molecule has 5 heteroatoms. The van der Waals surface area contributed by atoms with Crippen molar-refractivity contribution in [1.29, 1.82) is 0 Å². The number of phenols is 1. The van der Waals surface area contributed by atoms with Gasteiger partial charge in [-0.3, -0.25) is 9.69 Å². The third-order valence-corrected chi connectivity index (χ3v) is 5.73. The van der Waals surface area contributed by atoms with E-state index in [2.05, 4.69) is 18.7 Å². The summed E-state index contributed by atoms with van der Waals surface area (Å²) in [5, 5.41) is 11.1. The second kappa shape index (κ2) is 10.5. The summed E-state index contributed by atoms with van der Waals surface area (Å²) < 4.78 is 11.7. The second-order valence-electron chi connectivity index (χ2n) is 7.99. The van der Waals surface area contributed by atoms with Crippen LogP contribution < -0.4 is 10.2 Å². The molecule has 0 radical (unpaired) electrons. The molecule has 1 aromatic heterocycles. The van der Waals surface area contributed by atoms with Crippen LogP contribution in [0.15, 0.2) is 45.6 Å². The zero-order valence-electron chi connectivity index (χ0n) is 19.0. The lowest BCUT2D eigenvalue weighted by molar-refractivity contribution is 0.253. The fourth-order valence-corrected chi connectivity index (χ4v) is 3.98. The number of hydrogen-bond donors (Lipinski definition) is 1. The maximum Gasteiger partial charge on any atom is 0.200 e. The van der Waals surface area contributed by atoms with E-state index in [9.17, 15) is 9.90 Å². The van der Waals surface area contributed by atoms with Gasteiger partial charge in [0.05, 0.1) is 23.6 Å². The molecule has 0 saturated heterocycles. The fraction of sp³-hybridized carbons (Fsp3) is 0.423. The van der Waals surface area contributed by atoms with E-state index in [1.54, 1.807) is 26.2 Å². The van der Waals surface area contributed by atoms with Gasteiger partial charge in [-0.25, -0.2) is 0 Å². The van der Waals surface area contributed by atoms with Crippen molar-refractivity contribution in [2.45, 2.75) is 53.0 Å². The third kappa shape index (κ3) is 4.93. The van der Waals surface area contributed by atoms with Gasteiger partial charge in [0.15, 0.2) is 0 Å². The lowest BCUT2D eigenvalue weighted by Crippen LogP contribution is -2.26. The minimum atomic E-state index is -0.113. The van der Waals surface area contributed by atoms with E-state index in [-0.39, 0.29) is 11.2 Å². The minimum Gasteiger partial charge on any atom is -0.507 e. The van der Waals surface area contributed by atoms with Crippen LogP contribution in [0.4, 0.5) is 0 Å². The van der Waals surface area contributed by atoms with Crippen molar-refractivity contribution in [3.05, 3.63) is 57.9 Å². The normalized spacial score (nSPS) is 11.4. The zero-order chi connectivity index (χ0) is 22.4. The number of unbranched alkanes of at least 4 members (excludes halogenated alkanes) is 2. The summed E-state index contributed by atoms with van der Waals surface area (Å²) in [6, 6.07) is 10.7. The van der Waals surface area contributed by atoms with Crippen LogP contribution in [-0.4, -0.2) is 30.2 Å². The summed E-state index contributed by atoms with van der Waals surface area (Å²) >= 11 is 0. The van der Waals surface area contributed by atoms with Crippen molar-refractivity contribution in [2.75, 3.05) is 20.2 Å². The molecule has 1 heterocycles. The maximum absolute atomic E-state index is 13.5. The molecule has 0 amide bonds. The minimum absolute atomic E-state index is 0.113. The quantitative estimate of drug-likeness (QED) is 0.441. The number of hydrogen-bond acceptors (Lipinski definition) is 5. The number of phenolic OH excluding ortho intramolecular Hbond substituents is 1. The third-order valence-electron chi connectivity index (χ3n) is 5.73. The lowest BCUT2D eigenvalue weighted by atomic mass is 10.00. The highest BCUT2D eigenvalue weighted by Crippen LogP contribution is 2.34. The van der Waals surface area contributed by atoms with Crippen LogP contribution in [0.1, 0.15) is 50.9 Å². The summed E-state index contributed by atoms with van der Waals surface area (Å²) in [6.07, 6.45) is 4.41. The summed E-state index contributed by atoms with van der Waals surface area (Å²) in [4.78, 5) is 15.8. The zero-order valence-corrected chi connectivity index (χ0v) is 19.0. The summed E-state index contributed by atoms with van der Waals surface area (Å²) in [5.74, 6) is 1.31. The van der Waals surface area contributed by atoms with E-state index in [4.69, 9.17) is 9.15 Å². The highest BCUT2D eigenvalue weighted by atomic mass is 16.5. The molecule has 0 spiro atoms. The standard InChI is InChI=1S/C26H33NO4/c1-5-7-15-27(16-8-6-2)17-21-22(28)14-13-20-25(29)24(18(3)31-26(20)21)19-11-9-10-12-23(19)30-4/h9-14,28H,5-8,15-17H2,1-4H3. The molecule has 0 saturated carbocycles. The Hall–Kier alpha value is -2.79. The van der Waals surface area contributed by atoms with Crippen LogP contribution in [0.25, 0.3) is 22.1 Å². The predicted octanol–water partition coefficient (Wildman–Crippen LogP) is 5.88. The van der Waals surface area contributed by atoms with Crippen molar-refractivity contribution >= 4 is 11.0 Å². The van der Waals surface area contributed by atoms with Gasteiger partial charge in [0, 0.05) is 12.1 Å². The molecule has 3 rings (SSSR count). The Morgan fingerprint density at radius 2 is 1.71 bits per heavy atom. The number of nitrogens with zero attached hydrogens (tertiary/aromatic N) is 1. The predicted molar refractivity (Wildman–Crippen MR) is 126 cm³/mol. The van der Waals surface area contributed by atoms with Gasteiger partial charge in [-0.05, 0) is 51.1 Å². The lowest BCUT2D eigenvalue weighted by Gasteiger charge is -2.23. The van der Waals surface area contributed by atoms with Crippen LogP contribution in [0, 0.1) is 6.92 Å². The molecular weight excluding hydrogens is 390 g/mol. The first-order chi connectivity index (χ1) is 15.0. The van der Waals surface area contributed by atoms with Crippen molar-refractivity contribution in [3.8, 4) is 22.6 Å². The number of aromatic hydroxyl groups is 1. The van der Waals surface area contributed by atoms with Crippen LogP contribution in [0.3, 0.4) is 0 Å². The van der Waals surface area contributed by atoms with E-state index < -0.39 is 0 Å². The van der Waals surface area contributed by atoms with Crippen molar-refractivity contribution in [3.63, 3.8) is 0 Å². The monoisotopic (exact) mass is 423 g/mol. The highest BCUT2D eigenvalue weighted by molar-refractivity contribution is 5.87. The number of ether oxygens (including phenoxy) is 1. The maximum atomic E-state index is 13.5. The SMILES string of the molecule is CCCCN(CCCC)Cc1c(O)ccc2c(=O)c(-c3ccccc3OC)c(C)oc12. The van der Waals surface area contributed by atoms with E-state index >= 15 is 0 Å². The number of fused-ring (bicyclic) bond motifs is 1. The van der Waals surface area contributed by atoms with E-state index in [1.807, 2.05) is 24.3 Å². The number of benzene rings is 2. The first-order valence-electron chi connectivity index (χ1n) is 11.2. The van der Waals surface area contributed by atoms with Gasteiger partial charge >= 0.3 is 0 Å².